The molecular formula is C13H6BrClFN3O2. The summed E-state index contributed by atoms with van der Waals surface area (Å²) < 4.78 is 15.4. The molecule has 0 fully saturated rings. The van der Waals surface area contributed by atoms with Gasteiger partial charge in [0, 0.05) is 11.8 Å². The molecule has 2 aromatic heterocycles. The van der Waals surface area contributed by atoms with Crippen LogP contribution >= 0.6 is 27.5 Å². The molecule has 0 bridgehead atoms. The van der Waals surface area contributed by atoms with E-state index >= 15 is 0 Å². The highest BCUT2D eigenvalue weighted by molar-refractivity contribution is 9.10. The van der Waals surface area contributed by atoms with Gasteiger partial charge in [-0.25, -0.2) is 9.18 Å². The van der Waals surface area contributed by atoms with Gasteiger partial charge in [-0.1, -0.05) is 11.6 Å². The Balaban J connectivity index is 2.27. The van der Waals surface area contributed by atoms with Crippen LogP contribution in [0.2, 0.25) is 5.02 Å². The highest BCUT2D eigenvalue weighted by Gasteiger charge is 2.15. The summed E-state index contributed by atoms with van der Waals surface area (Å²) in [4.78, 5) is 11.1. The third kappa shape index (κ3) is 2.38. The molecule has 5 nitrogen and oxygen atoms in total. The van der Waals surface area contributed by atoms with Crippen LogP contribution in [0.3, 0.4) is 0 Å². The Hall–Kier alpha value is -1.99. The molecular weight excluding hydrogens is 365 g/mol. The second-order valence-corrected chi connectivity index (χ2v) is 5.49. The van der Waals surface area contributed by atoms with E-state index in [1.807, 2.05) is 0 Å². The molecule has 0 unspecified atom stereocenters. The number of aromatic nitrogens is 3. The summed E-state index contributed by atoms with van der Waals surface area (Å²) in [5.41, 5.74) is 0.757. The Kier molecular flexibility index (Phi) is 3.38. The van der Waals surface area contributed by atoms with Crippen molar-refractivity contribution in [3.8, 4) is 11.4 Å². The first-order chi connectivity index (χ1) is 9.97. The second kappa shape index (κ2) is 5.09. The molecule has 0 aliphatic rings. The Morgan fingerprint density at radius 2 is 2.10 bits per heavy atom. The molecule has 0 atom stereocenters. The smallest absolute Gasteiger partial charge is 0.337 e. The summed E-state index contributed by atoms with van der Waals surface area (Å²) in [6.07, 6.45) is 1.35. The lowest BCUT2D eigenvalue weighted by molar-refractivity contribution is 0.0696. The minimum Gasteiger partial charge on any atom is -0.478 e. The number of aromatic carboxylic acids is 1. The number of benzene rings is 1. The van der Waals surface area contributed by atoms with Gasteiger partial charge in [0.15, 0.2) is 11.5 Å². The fourth-order valence-corrected chi connectivity index (χ4v) is 2.40. The van der Waals surface area contributed by atoms with E-state index in [1.165, 1.54) is 28.8 Å². The van der Waals surface area contributed by atoms with E-state index in [1.54, 1.807) is 6.07 Å². The normalized spacial score (nSPS) is 11.0. The molecule has 21 heavy (non-hydrogen) atoms. The molecule has 0 saturated carbocycles. The van der Waals surface area contributed by atoms with Crippen molar-refractivity contribution in [2.75, 3.05) is 0 Å². The molecule has 8 heteroatoms. The maximum absolute atomic E-state index is 13.6. The lowest BCUT2D eigenvalue weighted by atomic mass is 10.2. The van der Waals surface area contributed by atoms with Crippen LogP contribution in [-0.4, -0.2) is 25.7 Å². The monoisotopic (exact) mass is 369 g/mol. The largest absolute Gasteiger partial charge is 0.478 e. The van der Waals surface area contributed by atoms with E-state index in [0.29, 0.717) is 21.5 Å². The first kappa shape index (κ1) is 14.0. The van der Waals surface area contributed by atoms with E-state index in [0.717, 1.165) is 0 Å². The van der Waals surface area contributed by atoms with Crippen LogP contribution in [0.25, 0.3) is 17.0 Å². The number of rotatable bonds is 2. The van der Waals surface area contributed by atoms with E-state index in [4.69, 9.17) is 16.7 Å². The molecule has 3 rings (SSSR count). The minimum absolute atomic E-state index is 0.00821. The summed E-state index contributed by atoms with van der Waals surface area (Å²) in [5, 5.41) is 17.1. The van der Waals surface area contributed by atoms with Gasteiger partial charge in [0.25, 0.3) is 0 Å². The number of carboxylic acids is 1. The van der Waals surface area contributed by atoms with Crippen molar-refractivity contribution in [2.45, 2.75) is 0 Å². The summed E-state index contributed by atoms with van der Waals surface area (Å²) >= 11 is 9.06. The van der Waals surface area contributed by atoms with Crippen molar-refractivity contribution in [1.82, 2.24) is 14.6 Å². The SMILES string of the molecule is O=C(O)c1cc(Cl)c2nnc(-c3ccc(Br)c(F)c3)n2c1. The molecule has 0 amide bonds. The van der Waals surface area contributed by atoms with E-state index in [-0.39, 0.29) is 10.6 Å². The van der Waals surface area contributed by atoms with Crippen molar-refractivity contribution >= 4 is 39.1 Å². The maximum Gasteiger partial charge on any atom is 0.337 e. The van der Waals surface area contributed by atoms with Crippen molar-refractivity contribution in [3.05, 3.63) is 51.3 Å². The Morgan fingerprint density at radius 1 is 1.33 bits per heavy atom. The van der Waals surface area contributed by atoms with E-state index in [9.17, 15) is 9.18 Å². The number of fused-ring (bicyclic) bond motifs is 1. The molecule has 0 aliphatic carbocycles. The molecule has 0 saturated heterocycles. The molecule has 1 aromatic carbocycles. The van der Waals surface area contributed by atoms with E-state index < -0.39 is 11.8 Å². The molecule has 1 N–H and O–H groups in total. The highest BCUT2D eigenvalue weighted by Crippen LogP contribution is 2.26. The van der Waals surface area contributed by atoms with Crippen molar-refractivity contribution in [3.63, 3.8) is 0 Å². The fraction of sp³-hybridized carbons (Fsp3) is 0. The third-order valence-electron chi connectivity index (χ3n) is 2.88. The predicted octanol–water partition coefficient (Wildman–Crippen LogP) is 3.65. The standard InChI is InChI=1S/C13H6BrClFN3O2/c14-8-2-1-6(4-10(8)16)11-17-18-12-9(15)3-7(13(20)21)5-19(11)12/h1-5H,(H,20,21). The van der Waals surface area contributed by atoms with Crippen LogP contribution in [0, 0.1) is 5.82 Å². The zero-order valence-electron chi connectivity index (χ0n) is 10.2. The number of hydrogen-bond donors (Lipinski definition) is 1. The van der Waals surface area contributed by atoms with Crippen LogP contribution in [-0.2, 0) is 0 Å². The summed E-state index contributed by atoms with van der Waals surface area (Å²) in [6, 6.07) is 5.75. The molecule has 3 aromatic rings. The van der Waals surface area contributed by atoms with Crippen molar-refractivity contribution in [2.24, 2.45) is 0 Å². The molecule has 0 spiro atoms. The van der Waals surface area contributed by atoms with Crippen molar-refractivity contribution < 1.29 is 14.3 Å². The number of pyridine rings is 1. The average Bonchev–Trinajstić information content (AvgIpc) is 2.86. The zero-order valence-corrected chi connectivity index (χ0v) is 12.6. The summed E-state index contributed by atoms with van der Waals surface area (Å²) in [6.45, 7) is 0. The van der Waals surface area contributed by atoms with Crippen LogP contribution in [0.15, 0.2) is 34.9 Å². The zero-order chi connectivity index (χ0) is 15.1. The van der Waals surface area contributed by atoms with Crippen LogP contribution in [0.4, 0.5) is 4.39 Å². The number of halogens is 3. The van der Waals surface area contributed by atoms with Gasteiger partial charge < -0.3 is 5.11 Å². The Bertz CT molecular complexity index is 881. The fourth-order valence-electron chi connectivity index (χ4n) is 1.90. The molecule has 106 valence electrons. The van der Waals surface area contributed by atoms with Gasteiger partial charge in [-0.05, 0) is 40.2 Å². The van der Waals surface area contributed by atoms with Crippen LogP contribution < -0.4 is 0 Å². The lowest BCUT2D eigenvalue weighted by Gasteiger charge is -2.04. The van der Waals surface area contributed by atoms with Crippen LogP contribution in [0.5, 0.6) is 0 Å². The molecule has 0 radical (unpaired) electrons. The van der Waals surface area contributed by atoms with Gasteiger partial charge in [-0.15, -0.1) is 10.2 Å². The minimum atomic E-state index is -1.12. The Labute approximate surface area is 131 Å². The first-order valence-corrected chi connectivity index (χ1v) is 6.87. The number of nitrogens with zero attached hydrogens (tertiary/aromatic N) is 3. The van der Waals surface area contributed by atoms with Crippen molar-refractivity contribution in [1.29, 1.82) is 0 Å². The first-order valence-electron chi connectivity index (χ1n) is 5.70. The third-order valence-corrected chi connectivity index (χ3v) is 3.81. The van der Waals surface area contributed by atoms with Gasteiger partial charge >= 0.3 is 5.97 Å². The van der Waals surface area contributed by atoms with Crippen LogP contribution in [0.1, 0.15) is 10.4 Å². The maximum atomic E-state index is 13.6. The predicted molar refractivity (Wildman–Crippen MR) is 78.1 cm³/mol. The number of hydrogen-bond acceptors (Lipinski definition) is 3. The highest BCUT2D eigenvalue weighted by atomic mass is 79.9. The van der Waals surface area contributed by atoms with Gasteiger partial charge in [0.05, 0.1) is 15.1 Å². The topological polar surface area (TPSA) is 67.5 Å². The Morgan fingerprint density at radius 3 is 2.76 bits per heavy atom. The number of carbonyl (C=O) groups is 1. The van der Waals surface area contributed by atoms with Gasteiger partial charge in [0.2, 0.25) is 0 Å². The lowest BCUT2D eigenvalue weighted by Crippen LogP contribution is -2.00. The average molecular weight is 371 g/mol. The quantitative estimate of drug-likeness (QED) is 0.748. The molecule has 2 heterocycles. The summed E-state index contributed by atoms with van der Waals surface area (Å²) in [5.74, 6) is -1.27. The van der Waals surface area contributed by atoms with Gasteiger partial charge in [0.1, 0.15) is 5.82 Å². The second-order valence-electron chi connectivity index (χ2n) is 4.23. The van der Waals surface area contributed by atoms with Gasteiger partial charge in [-0.2, -0.15) is 0 Å². The summed E-state index contributed by atoms with van der Waals surface area (Å²) in [7, 11) is 0. The van der Waals surface area contributed by atoms with E-state index in [2.05, 4.69) is 26.1 Å². The molecule has 0 aliphatic heterocycles. The number of carboxylic acid groups (broad SMARTS) is 1. The van der Waals surface area contributed by atoms with Gasteiger partial charge in [-0.3, -0.25) is 4.40 Å².